The molecule has 2 aromatic carbocycles. The monoisotopic (exact) mass is 406 g/mol. The van der Waals surface area contributed by atoms with Crippen LogP contribution >= 0.6 is 35.3 Å². The van der Waals surface area contributed by atoms with E-state index in [1.165, 1.54) is 0 Å². The van der Waals surface area contributed by atoms with E-state index in [-0.39, 0.29) is 17.8 Å². The summed E-state index contributed by atoms with van der Waals surface area (Å²) >= 11 is 7.79. The lowest BCUT2D eigenvalue weighted by Gasteiger charge is -2.11. The summed E-state index contributed by atoms with van der Waals surface area (Å²) in [5, 5.41) is 2.56. The minimum absolute atomic E-state index is 0. The Morgan fingerprint density at radius 3 is 2.65 bits per heavy atom. The Balaban J connectivity index is 0.00000196. The molecule has 4 rings (SSSR count). The molecule has 0 fully saturated rings. The molecule has 0 atom stereocenters. The molecule has 0 aliphatic carbocycles. The molecule has 0 aliphatic rings. The third kappa shape index (κ3) is 3.23. The lowest BCUT2D eigenvalue weighted by Crippen LogP contribution is -2.16. The summed E-state index contributed by atoms with van der Waals surface area (Å²) in [7, 11) is 4.15. The molecule has 2 aromatic heterocycles. The zero-order valence-electron chi connectivity index (χ0n) is 14.7. The van der Waals surface area contributed by atoms with Crippen molar-refractivity contribution >= 4 is 66.6 Å². The van der Waals surface area contributed by atoms with Crippen LogP contribution in [0.4, 0.5) is 0 Å². The van der Waals surface area contributed by atoms with Gasteiger partial charge >= 0.3 is 0 Å². The first-order chi connectivity index (χ1) is 12.1. The number of nitrogens with zero attached hydrogens (tertiary/aromatic N) is 2. The lowest BCUT2D eigenvalue weighted by atomic mass is 10.2. The van der Waals surface area contributed by atoms with Gasteiger partial charge in [-0.3, -0.25) is 4.79 Å². The number of halogens is 2. The highest BCUT2D eigenvalue weighted by Gasteiger charge is 2.16. The molecule has 0 saturated heterocycles. The van der Waals surface area contributed by atoms with Gasteiger partial charge in [0, 0.05) is 27.0 Å². The number of hydrogen-bond acceptors (Lipinski definition) is 3. The van der Waals surface area contributed by atoms with Crippen molar-refractivity contribution in [1.82, 2.24) is 9.47 Å². The van der Waals surface area contributed by atoms with Crippen molar-refractivity contribution in [3.63, 3.8) is 0 Å². The van der Waals surface area contributed by atoms with Crippen LogP contribution in [0, 0.1) is 0 Å². The van der Waals surface area contributed by atoms with Gasteiger partial charge in [-0.25, -0.2) is 0 Å². The number of aromatic nitrogens is 1. The van der Waals surface area contributed by atoms with Crippen molar-refractivity contribution in [2.75, 3.05) is 20.6 Å². The second-order valence-corrected chi connectivity index (χ2v) is 8.06. The van der Waals surface area contributed by atoms with Crippen molar-refractivity contribution in [3.8, 4) is 0 Å². The second-order valence-electron chi connectivity index (χ2n) is 6.58. The molecule has 0 N–H and O–H groups in total. The van der Waals surface area contributed by atoms with E-state index in [2.05, 4.69) is 35.7 Å². The molecule has 4 aromatic rings. The topological polar surface area (TPSA) is 25.2 Å². The Kier molecular flexibility index (Phi) is 5.58. The molecule has 26 heavy (non-hydrogen) atoms. The third-order valence-corrected chi connectivity index (χ3v) is 5.94. The van der Waals surface area contributed by atoms with Crippen molar-refractivity contribution in [3.05, 3.63) is 57.7 Å². The van der Waals surface area contributed by atoms with E-state index in [1.807, 2.05) is 24.3 Å². The molecule has 0 aliphatic heterocycles. The van der Waals surface area contributed by atoms with E-state index in [9.17, 15) is 4.79 Å². The number of benzene rings is 2. The molecule has 0 spiro atoms. The molecule has 0 amide bonds. The number of hydrogen-bond donors (Lipinski definition) is 0. The van der Waals surface area contributed by atoms with Gasteiger partial charge in [-0.05, 0) is 51.3 Å². The quantitative estimate of drug-likeness (QED) is 0.453. The number of fused-ring (bicyclic) bond motifs is 4. The summed E-state index contributed by atoms with van der Waals surface area (Å²) in [5.41, 5.74) is 2.05. The van der Waals surface area contributed by atoms with Gasteiger partial charge in [0.2, 0.25) is 5.43 Å². The molecule has 3 nitrogen and oxygen atoms in total. The molecule has 0 saturated carbocycles. The van der Waals surface area contributed by atoms with E-state index < -0.39 is 0 Å². The summed E-state index contributed by atoms with van der Waals surface area (Å²) in [6, 6.07) is 13.8. The highest BCUT2D eigenvalue weighted by atomic mass is 35.5. The van der Waals surface area contributed by atoms with E-state index in [1.54, 1.807) is 17.4 Å². The molecular formula is C20H20Cl2N2OS. The van der Waals surface area contributed by atoms with Gasteiger partial charge in [0.1, 0.15) is 5.52 Å². The number of aryl methyl sites for hydroxylation is 1. The molecule has 0 bridgehead atoms. The fourth-order valence-corrected chi connectivity index (χ4v) is 4.88. The Morgan fingerprint density at radius 1 is 1.12 bits per heavy atom. The van der Waals surface area contributed by atoms with Gasteiger partial charge in [-0.2, -0.15) is 0 Å². The van der Waals surface area contributed by atoms with E-state index in [4.69, 9.17) is 11.6 Å². The van der Waals surface area contributed by atoms with Gasteiger partial charge in [-0.1, -0.05) is 29.8 Å². The zero-order valence-corrected chi connectivity index (χ0v) is 17.0. The normalized spacial score (nSPS) is 11.5. The van der Waals surface area contributed by atoms with Crippen LogP contribution in [0.15, 0.2) is 47.3 Å². The summed E-state index contributed by atoms with van der Waals surface area (Å²) in [5.74, 6) is 0. The van der Waals surface area contributed by atoms with E-state index in [0.717, 1.165) is 50.7 Å². The van der Waals surface area contributed by atoms with Crippen LogP contribution in [0.25, 0.3) is 31.2 Å². The van der Waals surface area contributed by atoms with Crippen LogP contribution in [0.1, 0.15) is 6.42 Å². The molecule has 0 unspecified atom stereocenters. The van der Waals surface area contributed by atoms with E-state index >= 15 is 0 Å². The van der Waals surface area contributed by atoms with Crippen LogP contribution in [0.5, 0.6) is 0 Å². The van der Waals surface area contributed by atoms with Gasteiger partial charge < -0.3 is 9.47 Å². The van der Waals surface area contributed by atoms with Crippen molar-refractivity contribution in [1.29, 1.82) is 0 Å². The standard InChI is InChI=1S/C20H19ClN2OS.ClH/c1-22(2)10-5-11-23-16-7-4-3-6-14(16)20-18(23)19(24)15-9-8-13(21)12-17(15)25-20;/h3-4,6-9,12H,5,10-11H2,1-2H3;1H. The maximum Gasteiger partial charge on any atom is 0.212 e. The van der Waals surface area contributed by atoms with Crippen molar-refractivity contribution in [2.24, 2.45) is 0 Å². The third-order valence-electron chi connectivity index (χ3n) is 4.53. The predicted molar refractivity (Wildman–Crippen MR) is 117 cm³/mol. The molecule has 6 heteroatoms. The van der Waals surface area contributed by atoms with E-state index in [0.29, 0.717) is 5.02 Å². The lowest BCUT2D eigenvalue weighted by molar-refractivity contribution is 0.389. The maximum absolute atomic E-state index is 13.2. The first-order valence-corrected chi connectivity index (χ1v) is 9.54. The van der Waals surface area contributed by atoms with Crippen molar-refractivity contribution in [2.45, 2.75) is 13.0 Å². The van der Waals surface area contributed by atoms with Crippen LogP contribution < -0.4 is 5.43 Å². The smallest absolute Gasteiger partial charge is 0.212 e. The fourth-order valence-electron chi connectivity index (χ4n) is 3.38. The highest BCUT2D eigenvalue weighted by molar-refractivity contribution is 7.25. The fraction of sp³-hybridized carbons (Fsp3) is 0.250. The Bertz CT molecular complexity index is 1150. The summed E-state index contributed by atoms with van der Waals surface area (Å²) in [6.07, 6.45) is 1.00. The molecule has 2 heterocycles. The minimum atomic E-state index is 0. The average Bonchev–Trinajstić information content (AvgIpc) is 2.89. The maximum atomic E-state index is 13.2. The van der Waals surface area contributed by atoms with Crippen LogP contribution in [0.2, 0.25) is 5.02 Å². The average molecular weight is 407 g/mol. The van der Waals surface area contributed by atoms with Crippen LogP contribution in [-0.4, -0.2) is 30.1 Å². The predicted octanol–water partition coefficient (Wildman–Crippen LogP) is 5.40. The summed E-state index contributed by atoms with van der Waals surface area (Å²) in [4.78, 5) is 15.4. The number of para-hydroxylation sites is 1. The Hall–Kier alpha value is -1.59. The van der Waals surface area contributed by atoms with Crippen molar-refractivity contribution < 1.29 is 0 Å². The second kappa shape index (κ2) is 7.57. The summed E-state index contributed by atoms with van der Waals surface area (Å²) < 4.78 is 4.20. The molecule has 0 radical (unpaired) electrons. The highest BCUT2D eigenvalue weighted by Crippen LogP contribution is 2.34. The first-order valence-electron chi connectivity index (χ1n) is 8.34. The molecular weight excluding hydrogens is 387 g/mol. The number of rotatable bonds is 4. The zero-order chi connectivity index (χ0) is 17.6. The largest absolute Gasteiger partial charge is 0.337 e. The Morgan fingerprint density at radius 2 is 1.88 bits per heavy atom. The van der Waals surface area contributed by atoms with Gasteiger partial charge in [0.25, 0.3) is 0 Å². The first kappa shape index (κ1) is 19.2. The van der Waals surface area contributed by atoms with Crippen LogP contribution in [-0.2, 0) is 6.54 Å². The minimum Gasteiger partial charge on any atom is -0.337 e. The molecule has 136 valence electrons. The SMILES string of the molecule is CN(C)CCCn1c2ccccc2c2sc3cc(Cl)ccc3c(=O)c21.Cl. The van der Waals surface area contributed by atoms with Crippen LogP contribution in [0.3, 0.4) is 0 Å². The van der Waals surface area contributed by atoms with Gasteiger partial charge in [-0.15, -0.1) is 23.7 Å². The van der Waals surface area contributed by atoms with Gasteiger partial charge in [0.15, 0.2) is 0 Å². The van der Waals surface area contributed by atoms with Gasteiger partial charge in [0.05, 0.1) is 10.2 Å². The summed E-state index contributed by atoms with van der Waals surface area (Å²) in [6.45, 7) is 1.83. The Labute approximate surface area is 167 Å².